The number of nitrogen functional groups attached to an aromatic ring is 1. The highest BCUT2D eigenvalue weighted by Crippen LogP contribution is 2.25. The Balaban J connectivity index is 2.05. The number of carbonyl (C=O) groups is 2. The third-order valence-electron chi connectivity index (χ3n) is 3.83. The molecule has 27 heavy (non-hydrogen) atoms. The maximum atomic E-state index is 12.6. The van der Waals surface area contributed by atoms with Crippen molar-refractivity contribution in [2.45, 2.75) is 44.0 Å². The van der Waals surface area contributed by atoms with Gasteiger partial charge in [0, 0.05) is 11.9 Å². The van der Waals surface area contributed by atoms with E-state index in [1.165, 1.54) is 23.5 Å². The number of anilines is 2. The van der Waals surface area contributed by atoms with Gasteiger partial charge < -0.3 is 15.8 Å². The lowest BCUT2D eigenvalue weighted by atomic mass is 10.1. The lowest BCUT2D eigenvalue weighted by Gasteiger charge is -2.14. The Kier molecular flexibility index (Phi) is 7.60. The van der Waals surface area contributed by atoms with E-state index in [4.69, 9.17) is 10.5 Å². The highest BCUT2D eigenvalue weighted by molar-refractivity contribution is 8.00. The molecule has 144 valence electrons. The van der Waals surface area contributed by atoms with Gasteiger partial charge in [-0.05, 0) is 37.5 Å². The summed E-state index contributed by atoms with van der Waals surface area (Å²) in [5.41, 5.74) is 7.90. The molecule has 0 aliphatic heterocycles. The SMILES string of the molecule is CCOC(=O)c1cnc(SC(CC)C(=O)Nc2ccc(CC)cc2)nc1N. The highest BCUT2D eigenvalue weighted by atomic mass is 32.2. The van der Waals surface area contributed by atoms with Gasteiger partial charge in [-0.2, -0.15) is 0 Å². The Morgan fingerprint density at radius 2 is 1.93 bits per heavy atom. The average molecular weight is 388 g/mol. The van der Waals surface area contributed by atoms with E-state index in [-0.39, 0.29) is 29.1 Å². The van der Waals surface area contributed by atoms with E-state index in [1.807, 2.05) is 31.2 Å². The Morgan fingerprint density at radius 3 is 2.48 bits per heavy atom. The van der Waals surface area contributed by atoms with Crippen LogP contribution in [0.4, 0.5) is 11.5 Å². The lowest BCUT2D eigenvalue weighted by Crippen LogP contribution is -2.25. The zero-order chi connectivity index (χ0) is 19.8. The molecular weight excluding hydrogens is 364 g/mol. The van der Waals surface area contributed by atoms with Crippen LogP contribution in [0.2, 0.25) is 0 Å². The van der Waals surface area contributed by atoms with Crippen molar-refractivity contribution in [1.29, 1.82) is 0 Å². The number of hydrogen-bond acceptors (Lipinski definition) is 7. The number of carbonyl (C=O) groups excluding carboxylic acids is 2. The molecule has 0 saturated carbocycles. The molecule has 3 N–H and O–H groups in total. The Bertz CT molecular complexity index is 796. The Morgan fingerprint density at radius 1 is 1.22 bits per heavy atom. The molecule has 1 aromatic carbocycles. The molecule has 0 bridgehead atoms. The molecular formula is C19H24N4O3S. The molecule has 0 aliphatic rings. The first kappa shape index (κ1) is 20.7. The van der Waals surface area contributed by atoms with Crippen molar-refractivity contribution >= 4 is 35.1 Å². The minimum atomic E-state index is -0.563. The van der Waals surface area contributed by atoms with Gasteiger partial charge in [-0.3, -0.25) is 4.79 Å². The quantitative estimate of drug-likeness (QED) is 0.406. The van der Waals surface area contributed by atoms with Gasteiger partial charge in [0.2, 0.25) is 5.91 Å². The minimum Gasteiger partial charge on any atom is -0.462 e. The molecule has 0 fully saturated rings. The molecule has 1 amide bonds. The zero-order valence-corrected chi connectivity index (χ0v) is 16.5. The second kappa shape index (κ2) is 9.91. The fraction of sp³-hybridized carbons (Fsp3) is 0.368. The van der Waals surface area contributed by atoms with Gasteiger partial charge in [-0.15, -0.1) is 0 Å². The summed E-state index contributed by atoms with van der Waals surface area (Å²) in [6.07, 6.45) is 2.87. The van der Waals surface area contributed by atoms with Crippen LogP contribution in [-0.2, 0) is 16.0 Å². The van der Waals surface area contributed by atoms with Gasteiger partial charge in [0.25, 0.3) is 0 Å². The van der Waals surface area contributed by atoms with Crippen LogP contribution in [0, 0.1) is 0 Å². The molecule has 2 aromatic rings. The Hall–Kier alpha value is -2.61. The second-order valence-corrected chi connectivity index (χ2v) is 6.90. The van der Waals surface area contributed by atoms with Gasteiger partial charge in [0.05, 0.1) is 11.9 Å². The molecule has 8 heteroatoms. The lowest BCUT2D eigenvalue weighted by molar-refractivity contribution is -0.115. The van der Waals surface area contributed by atoms with Crippen LogP contribution >= 0.6 is 11.8 Å². The maximum absolute atomic E-state index is 12.6. The number of nitrogens with zero attached hydrogens (tertiary/aromatic N) is 2. The number of aryl methyl sites for hydroxylation is 1. The predicted molar refractivity (Wildman–Crippen MR) is 107 cm³/mol. The molecule has 0 spiro atoms. The summed E-state index contributed by atoms with van der Waals surface area (Å²) in [5.74, 6) is -0.661. The number of thioether (sulfide) groups is 1. The van der Waals surface area contributed by atoms with Gasteiger partial charge in [-0.1, -0.05) is 37.7 Å². The van der Waals surface area contributed by atoms with E-state index in [0.717, 1.165) is 12.1 Å². The largest absolute Gasteiger partial charge is 0.462 e. The number of nitrogens with one attached hydrogen (secondary N) is 1. The van der Waals surface area contributed by atoms with E-state index >= 15 is 0 Å². The van der Waals surface area contributed by atoms with Crippen molar-refractivity contribution in [2.75, 3.05) is 17.7 Å². The van der Waals surface area contributed by atoms with E-state index in [1.54, 1.807) is 6.92 Å². The normalized spacial score (nSPS) is 11.7. The summed E-state index contributed by atoms with van der Waals surface area (Å²) in [6, 6.07) is 7.75. The number of rotatable bonds is 8. The summed E-state index contributed by atoms with van der Waals surface area (Å²) in [5, 5.41) is 2.86. The number of amides is 1. The highest BCUT2D eigenvalue weighted by Gasteiger charge is 2.21. The third kappa shape index (κ3) is 5.68. The van der Waals surface area contributed by atoms with Crippen LogP contribution in [0.5, 0.6) is 0 Å². The number of esters is 1. The molecule has 1 aromatic heterocycles. The first-order valence-electron chi connectivity index (χ1n) is 8.84. The maximum Gasteiger partial charge on any atom is 0.343 e. The topological polar surface area (TPSA) is 107 Å². The first-order chi connectivity index (χ1) is 13.0. The van der Waals surface area contributed by atoms with Crippen LogP contribution in [0.25, 0.3) is 0 Å². The molecule has 0 radical (unpaired) electrons. The van der Waals surface area contributed by atoms with Gasteiger partial charge >= 0.3 is 5.97 Å². The van der Waals surface area contributed by atoms with Gasteiger partial charge in [0.1, 0.15) is 11.4 Å². The number of benzene rings is 1. The van der Waals surface area contributed by atoms with Gasteiger partial charge in [-0.25, -0.2) is 14.8 Å². The van der Waals surface area contributed by atoms with E-state index < -0.39 is 5.97 Å². The van der Waals surface area contributed by atoms with Crippen molar-refractivity contribution in [3.05, 3.63) is 41.6 Å². The monoisotopic (exact) mass is 388 g/mol. The van der Waals surface area contributed by atoms with E-state index in [9.17, 15) is 9.59 Å². The van der Waals surface area contributed by atoms with Crippen LogP contribution in [0.15, 0.2) is 35.6 Å². The zero-order valence-electron chi connectivity index (χ0n) is 15.7. The Labute approximate surface area is 163 Å². The number of ether oxygens (including phenoxy) is 1. The predicted octanol–water partition coefficient (Wildman–Crippen LogP) is 3.31. The summed E-state index contributed by atoms with van der Waals surface area (Å²) in [7, 11) is 0. The van der Waals surface area contributed by atoms with Crippen LogP contribution in [0.1, 0.15) is 43.1 Å². The van der Waals surface area contributed by atoms with E-state index in [0.29, 0.717) is 11.6 Å². The molecule has 0 aliphatic carbocycles. The summed E-state index contributed by atoms with van der Waals surface area (Å²) in [4.78, 5) is 32.6. The number of aromatic nitrogens is 2. The fourth-order valence-electron chi connectivity index (χ4n) is 2.30. The summed E-state index contributed by atoms with van der Waals surface area (Å²) >= 11 is 1.21. The molecule has 0 saturated heterocycles. The summed E-state index contributed by atoms with van der Waals surface area (Å²) in [6.45, 7) is 5.94. The second-order valence-electron chi connectivity index (χ2n) is 5.73. The first-order valence-corrected chi connectivity index (χ1v) is 9.72. The molecule has 2 rings (SSSR count). The average Bonchev–Trinajstić information content (AvgIpc) is 2.66. The van der Waals surface area contributed by atoms with Crippen molar-refractivity contribution in [3.63, 3.8) is 0 Å². The third-order valence-corrected chi connectivity index (χ3v) is 5.07. The summed E-state index contributed by atoms with van der Waals surface area (Å²) < 4.78 is 4.90. The minimum absolute atomic E-state index is 0.0383. The van der Waals surface area contributed by atoms with Crippen LogP contribution in [0.3, 0.4) is 0 Å². The molecule has 1 heterocycles. The molecule has 1 unspecified atom stereocenters. The van der Waals surface area contributed by atoms with Crippen LogP contribution in [-0.4, -0.2) is 33.7 Å². The van der Waals surface area contributed by atoms with Crippen LogP contribution < -0.4 is 11.1 Å². The number of hydrogen-bond donors (Lipinski definition) is 2. The van der Waals surface area contributed by atoms with Crippen molar-refractivity contribution in [2.24, 2.45) is 0 Å². The molecule has 1 atom stereocenters. The standard InChI is InChI=1S/C19H24N4O3S/c1-4-12-7-9-13(10-8-12)22-17(24)15(5-2)27-19-21-11-14(16(20)23-19)18(25)26-6-3/h7-11,15H,4-6H2,1-3H3,(H,22,24)(H2,20,21,23). The van der Waals surface area contributed by atoms with E-state index in [2.05, 4.69) is 22.2 Å². The smallest absolute Gasteiger partial charge is 0.343 e. The van der Waals surface area contributed by atoms with Gasteiger partial charge in [0.15, 0.2) is 5.16 Å². The fourth-order valence-corrected chi connectivity index (χ4v) is 3.15. The number of nitrogens with two attached hydrogens (primary N) is 1. The molecule has 7 nitrogen and oxygen atoms in total. The van der Waals surface area contributed by atoms with Crippen molar-refractivity contribution in [3.8, 4) is 0 Å². The van der Waals surface area contributed by atoms with Crippen molar-refractivity contribution < 1.29 is 14.3 Å². The van der Waals surface area contributed by atoms with Crippen molar-refractivity contribution in [1.82, 2.24) is 9.97 Å².